The lowest BCUT2D eigenvalue weighted by molar-refractivity contribution is -0.154. The molecule has 96 valence electrons. The number of tetrazole rings is 1. The number of hydrogen-bond acceptors (Lipinski definition) is 7. The first-order valence-corrected chi connectivity index (χ1v) is 5.00. The second-order valence-corrected chi connectivity index (χ2v) is 3.56. The standard InChI is InChI=1S/C8H10N6O4/c1-18-8(17)6-5(7(16)11-6)10-4(15)2-14-3-9-12-13-14/h3,5-6H,2H2,1H3,(H,10,15)(H,11,16). The van der Waals surface area contributed by atoms with E-state index in [-0.39, 0.29) is 6.54 Å². The van der Waals surface area contributed by atoms with Crippen molar-refractivity contribution in [3.8, 4) is 0 Å². The van der Waals surface area contributed by atoms with Crippen LogP contribution in [0.1, 0.15) is 0 Å². The highest BCUT2D eigenvalue weighted by molar-refractivity contribution is 6.01. The van der Waals surface area contributed by atoms with Gasteiger partial charge in [0.2, 0.25) is 11.8 Å². The average Bonchev–Trinajstić information content (AvgIpc) is 2.85. The molecule has 18 heavy (non-hydrogen) atoms. The Hall–Kier alpha value is -2.52. The van der Waals surface area contributed by atoms with Crippen LogP contribution in [0.15, 0.2) is 6.33 Å². The Labute approximate surface area is 101 Å². The largest absolute Gasteiger partial charge is 0.467 e. The average molecular weight is 254 g/mol. The smallest absolute Gasteiger partial charge is 0.331 e. The fourth-order valence-corrected chi connectivity index (χ4v) is 1.47. The summed E-state index contributed by atoms with van der Waals surface area (Å²) in [5, 5.41) is 15.0. The fourth-order valence-electron chi connectivity index (χ4n) is 1.47. The molecule has 1 fully saturated rings. The number of nitrogens with one attached hydrogen (secondary N) is 2. The number of methoxy groups -OCH3 is 1. The molecule has 2 atom stereocenters. The highest BCUT2D eigenvalue weighted by Crippen LogP contribution is 2.07. The molecule has 0 bridgehead atoms. The van der Waals surface area contributed by atoms with Gasteiger partial charge in [-0.25, -0.2) is 9.48 Å². The molecule has 2 heterocycles. The Morgan fingerprint density at radius 3 is 2.94 bits per heavy atom. The summed E-state index contributed by atoms with van der Waals surface area (Å²) < 4.78 is 5.67. The van der Waals surface area contributed by atoms with E-state index in [9.17, 15) is 14.4 Å². The van der Waals surface area contributed by atoms with Gasteiger partial charge in [-0.2, -0.15) is 0 Å². The second-order valence-electron chi connectivity index (χ2n) is 3.56. The minimum atomic E-state index is -0.915. The van der Waals surface area contributed by atoms with Crippen LogP contribution < -0.4 is 10.6 Å². The van der Waals surface area contributed by atoms with E-state index >= 15 is 0 Å². The first-order valence-electron chi connectivity index (χ1n) is 5.00. The molecule has 1 saturated heterocycles. The van der Waals surface area contributed by atoms with Crippen molar-refractivity contribution >= 4 is 17.8 Å². The lowest BCUT2D eigenvalue weighted by Gasteiger charge is -2.34. The Bertz CT molecular complexity index is 472. The Balaban J connectivity index is 1.90. The lowest BCUT2D eigenvalue weighted by Crippen LogP contribution is -2.72. The minimum Gasteiger partial charge on any atom is -0.467 e. The highest BCUT2D eigenvalue weighted by Gasteiger charge is 2.45. The summed E-state index contributed by atoms with van der Waals surface area (Å²) in [6.07, 6.45) is 1.26. The van der Waals surface area contributed by atoms with Crippen LogP contribution in [0, 0.1) is 0 Å². The van der Waals surface area contributed by atoms with Crippen LogP contribution in [-0.2, 0) is 25.7 Å². The number of ether oxygens (including phenoxy) is 1. The van der Waals surface area contributed by atoms with E-state index in [0.717, 1.165) is 0 Å². The topological polar surface area (TPSA) is 128 Å². The van der Waals surface area contributed by atoms with Crippen molar-refractivity contribution in [3.63, 3.8) is 0 Å². The summed E-state index contributed by atoms with van der Waals surface area (Å²) in [6.45, 7) is -0.134. The van der Waals surface area contributed by atoms with Gasteiger partial charge >= 0.3 is 5.97 Å². The maximum atomic E-state index is 11.6. The molecule has 2 N–H and O–H groups in total. The third-order valence-electron chi connectivity index (χ3n) is 2.38. The van der Waals surface area contributed by atoms with Crippen molar-refractivity contribution in [2.24, 2.45) is 0 Å². The molecule has 2 rings (SSSR count). The zero-order chi connectivity index (χ0) is 13.1. The first kappa shape index (κ1) is 12.0. The van der Waals surface area contributed by atoms with Crippen molar-refractivity contribution in [2.45, 2.75) is 18.6 Å². The molecule has 10 heteroatoms. The number of hydrogen-bond donors (Lipinski definition) is 2. The van der Waals surface area contributed by atoms with Gasteiger partial charge < -0.3 is 15.4 Å². The van der Waals surface area contributed by atoms with Gasteiger partial charge in [-0.1, -0.05) is 0 Å². The molecule has 0 spiro atoms. The van der Waals surface area contributed by atoms with Crippen molar-refractivity contribution in [3.05, 3.63) is 6.33 Å². The predicted octanol–water partition coefficient (Wildman–Crippen LogP) is -3.17. The summed E-state index contributed by atoms with van der Waals surface area (Å²) in [5.74, 6) is -1.52. The molecule has 0 aromatic carbocycles. The van der Waals surface area contributed by atoms with Gasteiger partial charge in [-0.3, -0.25) is 9.59 Å². The monoisotopic (exact) mass is 254 g/mol. The maximum absolute atomic E-state index is 11.6. The van der Waals surface area contributed by atoms with E-state index in [1.807, 2.05) is 0 Å². The molecule has 2 unspecified atom stereocenters. The van der Waals surface area contributed by atoms with Crippen LogP contribution >= 0.6 is 0 Å². The van der Waals surface area contributed by atoms with E-state index < -0.39 is 29.9 Å². The van der Waals surface area contributed by atoms with E-state index in [2.05, 4.69) is 30.9 Å². The maximum Gasteiger partial charge on any atom is 0.331 e. The van der Waals surface area contributed by atoms with E-state index in [1.54, 1.807) is 0 Å². The molecule has 1 aliphatic heterocycles. The summed E-state index contributed by atoms with van der Waals surface area (Å²) in [6, 6.07) is -1.76. The molecule has 0 radical (unpaired) electrons. The molecular formula is C8H10N6O4. The van der Waals surface area contributed by atoms with Gasteiger partial charge in [-0.15, -0.1) is 5.10 Å². The number of β-lactam (4-membered cyclic amide) rings is 1. The number of carbonyl (C=O) groups excluding carboxylic acids is 3. The van der Waals surface area contributed by atoms with Crippen molar-refractivity contribution in [1.82, 2.24) is 30.8 Å². The van der Waals surface area contributed by atoms with Crippen molar-refractivity contribution in [1.29, 1.82) is 0 Å². The van der Waals surface area contributed by atoms with Crippen LogP contribution in [-0.4, -0.2) is 57.2 Å². The Morgan fingerprint density at radius 2 is 2.39 bits per heavy atom. The molecule has 0 aliphatic carbocycles. The molecule has 1 aromatic rings. The molecular weight excluding hydrogens is 244 g/mol. The summed E-state index contributed by atoms with van der Waals surface area (Å²) >= 11 is 0. The number of carbonyl (C=O) groups is 3. The zero-order valence-corrected chi connectivity index (χ0v) is 9.36. The second kappa shape index (κ2) is 4.77. The highest BCUT2D eigenvalue weighted by atomic mass is 16.5. The van der Waals surface area contributed by atoms with Gasteiger partial charge in [0.25, 0.3) is 0 Å². The third-order valence-corrected chi connectivity index (χ3v) is 2.38. The predicted molar refractivity (Wildman–Crippen MR) is 53.7 cm³/mol. The summed E-state index contributed by atoms with van der Waals surface area (Å²) in [5.41, 5.74) is 0. The number of nitrogens with zero attached hydrogens (tertiary/aromatic N) is 4. The SMILES string of the molecule is COC(=O)C1NC(=O)C1NC(=O)Cn1cnnn1. The molecule has 10 nitrogen and oxygen atoms in total. The minimum absolute atomic E-state index is 0.134. The third kappa shape index (κ3) is 2.26. The number of amides is 2. The normalized spacial score (nSPS) is 21.7. The van der Waals surface area contributed by atoms with Crippen molar-refractivity contribution < 1.29 is 19.1 Å². The molecule has 0 saturated carbocycles. The first-order chi connectivity index (χ1) is 8.61. The van der Waals surface area contributed by atoms with E-state index in [1.165, 1.54) is 18.1 Å². The van der Waals surface area contributed by atoms with Crippen LogP contribution in [0.25, 0.3) is 0 Å². The van der Waals surface area contributed by atoms with Crippen LogP contribution in [0.2, 0.25) is 0 Å². The Morgan fingerprint density at radius 1 is 1.61 bits per heavy atom. The quantitative estimate of drug-likeness (QED) is 0.428. The number of aromatic nitrogens is 4. The van der Waals surface area contributed by atoms with E-state index in [4.69, 9.17) is 0 Å². The van der Waals surface area contributed by atoms with Gasteiger partial charge in [0.05, 0.1) is 7.11 Å². The molecule has 1 aromatic heterocycles. The van der Waals surface area contributed by atoms with E-state index in [0.29, 0.717) is 0 Å². The van der Waals surface area contributed by atoms with Gasteiger partial charge in [-0.05, 0) is 10.4 Å². The number of esters is 1. The van der Waals surface area contributed by atoms with Gasteiger partial charge in [0, 0.05) is 0 Å². The van der Waals surface area contributed by atoms with Gasteiger partial charge in [0.15, 0.2) is 6.04 Å². The van der Waals surface area contributed by atoms with Gasteiger partial charge in [0.1, 0.15) is 18.9 Å². The van der Waals surface area contributed by atoms with Crippen LogP contribution in [0.4, 0.5) is 0 Å². The van der Waals surface area contributed by atoms with Crippen molar-refractivity contribution in [2.75, 3.05) is 7.11 Å². The van der Waals surface area contributed by atoms with Crippen LogP contribution in [0.3, 0.4) is 0 Å². The zero-order valence-electron chi connectivity index (χ0n) is 9.36. The van der Waals surface area contributed by atoms with Crippen LogP contribution in [0.5, 0.6) is 0 Å². The summed E-state index contributed by atoms with van der Waals surface area (Å²) in [4.78, 5) is 34.0. The lowest BCUT2D eigenvalue weighted by atomic mass is 9.99. The summed E-state index contributed by atoms with van der Waals surface area (Å²) in [7, 11) is 1.20. The fraction of sp³-hybridized carbons (Fsp3) is 0.500. The number of rotatable bonds is 4. The molecule has 1 aliphatic rings. The molecule has 2 amide bonds. The Kier molecular flexibility index (Phi) is 3.17.